The first-order chi connectivity index (χ1) is 12.1. The van der Waals surface area contributed by atoms with Gasteiger partial charge in [0.05, 0.1) is 11.4 Å². The van der Waals surface area contributed by atoms with Crippen molar-refractivity contribution in [2.75, 3.05) is 5.43 Å². The van der Waals surface area contributed by atoms with Gasteiger partial charge in [0.1, 0.15) is 11.9 Å². The van der Waals surface area contributed by atoms with E-state index in [9.17, 15) is 9.65 Å². The predicted molar refractivity (Wildman–Crippen MR) is 99.2 cm³/mol. The molecular weight excluding hydrogens is 335 g/mol. The average Bonchev–Trinajstić information content (AvgIpc) is 3.09. The maximum absolute atomic E-state index is 13.0. The summed E-state index contributed by atoms with van der Waals surface area (Å²) in [5, 5.41) is 15.9. The van der Waals surface area contributed by atoms with Crippen LogP contribution in [-0.4, -0.2) is 10.7 Å². The van der Waals surface area contributed by atoms with E-state index in [1.807, 2.05) is 37.4 Å². The largest absolute Gasteiger partial charge is 0.277 e. The molecular formula is C19H15FN4S. The number of rotatable bonds is 4. The molecule has 0 spiro atoms. The lowest BCUT2D eigenvalue weighted by Gasteiger charge is -2.07. The van der Waals surface area contributed by atoms with Crippen LogP contribution in [-0.2, 0) is 0 Å². The summed E-state index contributed by atoms with van der Waals surface area (Å²) in [5.41, 5.74) is 7.71. The first-order valence-electron chi connectivity index (χ1n) is 7.60. The number of hydrogen-bond acceptors (Lipinski definition) is 5. The molecule has 4 nitrogen and oxygen atoms in total. The van der Waals surface area contributed by atoms with Gasteiger partial charge in [-0.1, -0.05) is 12.1 Å². The Kier molecular flexibility index (Phi) is 4.87. The van der Waals surface area contributed by atoms with E-state index >= 15 is 0 Å². The van der Waals surface area contributed by atoms with Crippen LogP contribution in [0.2, 0.25) is 0 Å². The molecule has 0 amide bonds. The molecule has 1 aromatic heterocycles. The molecule has 25 heavy (non-hydrogen) atoms. The van der Waals surface area contributed by atoms with Crippen molar-refractivity contribution in [2.24, 2.45) is 5.10 Å². The van der Waals surface area contributed by atoms with Gasteiger partial charge in [0.25, 0.3) is 0 Å². The maximum atomic E-state index is 13.0. The summed E-state index contributed by atoms with van der Waals surface area (Å²) in [4.78, 5) is 4.44. The van der Waals surface area contributed by atoms with Gasteiger partial charge in [-0.15, -0.1) is 11.3 Å². The van der Waals surface area contributed by atoms with Crippen LogP contribution in [0.15, 0.2) is 52.9 Å². The van der Waals surface area contributed by atoms with E-state index < -0.39 is 0 Å². The highest BCUT2D eigenvalue weighted by Crippen LogP contribution is 2.23. The SMILES string of the molecule is Cc1cccc(NN=C(C#N)c2nc(-c3ccc(F)cc3)cs2)c1C. The quantitative estimate of drug-likeness (QED) is 0.537. The zero-order chi connectivity index (χ0) is 17.8. The number of aromatic nitrogens is 1. The lowest BCUT2D eigenvalue weighted by Crippen LogP contribution is -2.02. The highest BCUT2D eigenvalue weighted by Gasteiger charge is 2.11. The number of benzene rings is 2. The molecule has 1 heterocycles. The van der Waals surface area contributed by atoms with Crippen molar-refractivity contribution in [1.29, 1.82) is 5.26 Å². The van der Waals surface area contributed by atoms with Crippen molar-refractivity contribution in [2.45, 2.75) is 13.8 Å². The van der Waals surface area contributed by atoms with Crippen molar-refractivity contribution < 1.29 is 4.39 Å². The average molecular weight is 350 g/mol. The minimum absolute atomic E-state index is 0.208. The zero-order valence-corrected chi connectivity index (χ0v) is 14.6. The molecule has 2 aromatic carbocycles. The summed E-state index contributed by atoms with van der Waals surface area (Å²) >= 11 is 1.33. The Hall–Kier alpha value is -3.04. The van der Waals surface area contributed by atoms with Crippen molar-refractivity contribution in [3.63, 3.8) is 0 Å². The van der Waals surface area contributed by atoms with Crippen molar-refractivity contribution in [3.05, 3.63) is 69.8 Å². The van der Waals surface area contributed by atoms with E-state index in [2.05, 4.69) is 21.6 Å². The van der Waals surface area contributed by atoms with E-state index in [1.54, 1.807) is 12.1 Å². The fourth-order valence-corrected chi connectivity index (χ4v) is 3.01. The van der Waals surface area contributed by atoms with Gasteiger partial charge in [-0.05, 0) is 55.3 Å². The number of nitriles is 1. The van der Waals surface area contributed by atoms with Crippen LogP contribution in [0, 0.1) is 31.0 Å². The third-order valence-electron chi connectivity index (χ3n) is 3.85. The van der Waals surface area contributed by atoms with Gasteiger partial charge >= 0.3 is 0 Å². The van der Waals surface area contributed by atoms with Crippen LogP contribution >= 0.6 is 11.3 Å². The van der Waals surface area contributed by atoms with E-state index in [0.717, 1.165) is 22.4 Å². The van der Waals surface area contributed by atoms with Gasteiger partial charge in [0.2, 0.25) is 0 Å². The smallest absolute Gasteiger partial charge is 0.196 e. The van der Waals surface area contributed by atoms with Crippen LogP contribution in [0.1, 0.15) is 16.1 Å². The lowest BCUT2D eigenvalue weighted by molar-refractivity contribution is 0.628. The molecule has 124 valence electrons. The van der Waals surface area contributed by atoms with Gasteiger partial charge in [-0.2, -0.15) is 10.4 Å². The number of nitrogens with zero attached hydrogens (tertiary/aromatic N) is 3. The number of hydrazone groups is 1. The second-order valence-electron chi connectivity index (χ2n) is 5.48. The van der Waals surface area contributed by atoms with E-state index in [1.165, 1.54) is 23.5 Å². The monoisotopic (exact) mass is 350 g/mol. The molecule has 0 radical (unpaired) electrons. The van der Waals surface area contributed by atoms with Crippen LogP contribution in [0.3, 0.4) is 0 Å². The first kappa shape index (κ1) is 16.8. The minimum Gasteiger partial charge on any atom is -0.277 e. The van der Waals surface area contributed by atoms with Gasteiger partial charge in [0.15, 0.2) is 10.7 Å². The summed E-state index contributed by atoms with van der Waals surface area (Å²) < 4.78 is 13.0. The van der Waals surface area contributed by atoms with E-state index in [-0.39, 0.29) is 11.5 Å². The Morgan fingerprint density at radius 3 is 2.68 bits per heavy atom. The first-order valence-corrected chi connectivity index (χ1v) is 8.48. The van der Waals surface area contributed by atoms with Crippen LogP contribution in [0.5, 0.6) is 0 Å². The van der Waals surface area contributed by atoms with E-state index in [0.29, 0.717) is 10.7 Å². The predicted octanol–water partition coefficient (Wildman–Crippen LogP) is 4.91. The zero-order valence-electron chi connectivity index (χ0n) is 13.7. The number of thiazole rings is 1. The van der Waals surface area contributed by atoms with Gasteiger partial charge in [-0.3, -0.25) is 5.43 Å². The molecule has 6 heteroatoms. The van der Waals surface area contributed by atoms with Gasteiger partial charge in [0, 0.05) is 10.9 Å². The molecule has 0 aliphatic rings. The third-order valence-corrected chi connectivity index (χ3v) is 4.69. The van der Waals surface area contributed by atoms with Crippen molar-refractivity contribution >= 4 is 22.7 Å². The lowest BCUT2D eigenvalue weighted by atomic mass is 10.1. The van der Waals surface area contributed by atoms with E-state index in [4.69, 9.17) is 0 Å². The Labute approximate surface area is 149 Å². The molecule has 0 atom stereocenters. The third kappa shape index (κ3) is 3.73. The second-order valence-corrected chi connectivity index (χ2v) is 6.33. The Morgan fingerprint density at radius 1 is 1.20 bits per heavy atom. The Morgan fingerprint density at radius 2 is 1.96 bits per heavy atom. The number of aryl methyl sites for hydroxylation is 1. The summed E-state index contributed by atoms with van der Waals surface area (Å²) in [7, 11) is 0. The molecule has 0 fully saturated rings. The molecule has 0 saturated carbocycles. The molecule has 0 bridgehead atoms. The molecule has 0 aliphatic carbocycles. The van der Waals surface area contributed by atoms with Gasteiger partial charge < -0.3 is 0 Å². The second kappa shape index (κ2) is 7.24. The minimum atomic E-state index is -0.295. The summed E-state index contributed by atoms with van der Waals surface area (Å²) in [6.45, 7) is 4.01. The summed E-state index contributed by atoms with van der Waals surface area (Å²) in [6.07, 6.45) is 0. The Bertz CT molecular complexity index is 968. The topological polar surface area (TPSA) is 61.1 Å². The van der Waals surface area contributed by atoms with Crippen molar-refractivity contribution in [3.8, 4) is 17.3 Å². The standard InChI is InChI=1S/C19H15FN4S/c1-12-4-3-5-16(13(12)2)23-24-17(10-21)19-22-18(11-25-19)14-6-8-15(20)9-7-14/h3-9,11,23H,1-2H3. The molecule has 3 rings (SSSR count). The molecule has 3 aromatic rings. The van der Waals surface area contributed by atoms with Crippen molar-refractivity contribution in [1.82, 2.24) is 4.98 Å². The van der Waals surface area contributed by atoms with Crippen LogP contribution in [0.25, 0.3) is 11.3 Å². The molecule has 1 N–H and O–H groups in total. The molecule has 0 unspecified atom stereocenters. The summed E-state index contributed by atoms with van der Waals surface area (Å²) in [6, 6.07) is 14.0. The number of nitrogens with one attached hydrogen (secondary N) is 1. The van der Waals surface area contributed by atoms with Gasteiger partial charge in [-0.25, -0.2) is 9.37 Å². The fraction of sp³-hybridized carbons (Fsp3) is 0.105. The summed E-state index contributed by atoms with van der Waals surface area (Å²) in [5.74, 6) is -0.295. The number of anilines is 1. The molecule has 0 aliphatic heterocycles. The van der Waals surface area contributed by atoms with Crippen LogP contribution < -0.4 is 5.43 Å². The molecule has 0 saturated heterocycles. The highest BCUT2D eigenvalue weighted by atomic mass is 32.1. The maximum Gasteiger partial charge on any atom is 0.196 e. The number of hydrogen-bond donors (Lipinski definition) is 1. The normalized spacial score (nSPS) is 11.2. The fourth-order valence-electron chi connectivity index (χ4n) is 2.24. The highest BCUT2D eigenvalue weighted by molar-refractivity contribution is 7.12. The number of halogens is 1. The van der Waals surface area contributed by atoms with Crippen LogP contribution in [0.4, 0.5) is 10.1 Å². The Balaban J connectivity index is 1.85.